The van der Waals surface area contributed by atoms with Gasteiger partial charge in [-0.05, 0) is 44.4 Å². The molecule has 0 spiro atoms. The van der Waals surface area contributed by atoms with E-state index in [2.05, 4.69) is 15.4 Å². The van der Waals surface area contributed by atoms with Crippen LogP contribution < -0.4 is 10.1 Å². The van der Waals surface area contributed by atoms with Gasteiger partial charge in [-0.2, -0.15) is 10.1 Å². The van der Waals surface area contributed by atoms with E-state index in [-0.39, 0.29) is 12.5 Å². The van der Waals surface area contributed by atoms with Gasteiger partial charge in [-0.15, -0.1) is 0 Å². The average molecular weight is 338 g/mol. The third-order valence-corrected chi connectivity index (χ3v) is 4.24. The zero-order chi connectivity index (χ0) is 18.1. The van der Waals surface area contributed by atoms with Gasteiger partial charge < -0.3 is 10.1 Å². The second-order valence-corrected chi connectivity index (χ2v) is 6.29. The molecule has 130 valence electrons. The molecule has 6 heteroatoms. The fourth-order valence-electron chi connectivity index (χ4n) is 3.03. The molecular weight excluding hydrogens is 316 g/mol. The summed E-state index contributed by atoms with van der Waals surface area (Å²) in [6.07, 6.45) is 0. The Balaban J connectivity index is 1.74. The molecule has 0 saturated carbocycles. The number of rotatable bonds is 4. The Morgan fingerprint density at radius 3 is 2.52 bits per heavy atom. The van der Waals surface area contributed by atoms with E-state index in [0.29, 0.717) is 5.88 Å². The van der Waals surface area contributed by atoms with Crippen molar-refractivity contribution in [2.75, 3.05) is 11.9 Å². The van der Waals surface area contributed by atoms with E-state index in [1.54, 1.807) is 4.68 Å². The van der Waals surface area contributed by atoms with Crippen LogP contribution in [0.1, 0.15) is 22.4 Å². The first-order chi connectivity index (χ1) is 11.9. The Kier molecular flexibility index (Phi) is 4.44. The number of fused-ring (bicyclic) bond motifs is 1. The van der Waals surface area contributed by atoms with Crippen LogP contribution in [0.15, 0.2) is 24.3 Å². The Bertz CT molecular complexity index is 939. The number of nitrogens with zero attached hydrogens (tertiary/aromatic N) is 3. The Hall–Kier alpha value is -2.89. The minimum absolute atomic E-state index is 0.0947. The molecule has 0 radical (unpaired) electrons. The van der Waals surface area contributed by atoms with Gasteiger partial charge in [0.2, 0.25) is 5.88 Å². The molecule has 0 unspecified atom stereocenters. The number of carbonyl (C=O) groups is 1. The maximum atomic E-state index is 12.2. The van der Waals surface area contributed by atoms with E-state index in [1.807, 2.05) is 59.0 Å². The van der Waals surface area contributed by atoms with Crippen molar-refractivity contribution in [1.29, 1.82) is 0 Å². The lowest BCUT2D eigenvalue weighted by atomic mass is 10.1. The second-order valence-electron chi connectivity index (χ2n) is 6.29. The van der Waals surface area contributed by atoms with Gasteiger partial charge in [0.05, 0.1) is 5.69 Å². The van der Waals surface area contributed by atoms with E-state index in [4.69, 9.17) is 4.74 Å². The molecule has 3 aromatic rings. The number of nitrogens with one attached hydrogen (secondary N) is 1. The Morgan fingerprint density at radius 2 is 1.84 bits per heavy atom. The molecular formula is C19H22N4O2. The molecule has 1 amide bonds. The van der Waals surface area contributed by atoms with Crippen LogP contribution in [-0.2, 0) is 11.8 Å². The molecule has 1 aromatic carbocycles. The van der Waals surface area contributed by atoms with Crippen molar-refractivity contribution < 1.29 is 9.53 Å². The number of anilines is 1. The van der Waals surface area contributed by atoms with Gasteiger partial charge in [0.15, 0.2) is 12.3 Å². The number of hydrogen-bond acceptors (Lipinski definition) is 4. The molecule has 0 bridgehead atoms. The first-order valence-corrected chi connectivity index (χ1v) is 8.16. The largest absolute Gasteiger partial charge is 0.467 e. The zero-order valence-electron chi connectivity index (χ0n) is 15.2. The van der Waals surface area contributed by atoms with Gasteiger partial charge in [0.25, 0.3) is 5.91 Å². The summed E-state index contributed by atoms with van der Waals surface area (Å²) >= 11 is 0. The number of aryl methyl sites for hydroxylation is 5. The molecule has 0 aliphatic heterocycles. The van der Waals surface area contributed by atoms with Crippen molar-refractivity contribution >= 4 is 22.6 Å². The highest BCUT2D eigenvalue weighted by atomic mass is 16.5. The fourth-order valence-corrected chi connectivity index (χ4v) is 3.03. The van der Waals surface area contributed by atoms with Crippen LogP contribution in [0, 0.1) is 27.7 Å². The molecule has 0 saturated heterocycles. The number of amides is 1. The molecule has 0 aliphatic carbocycles. The lowest BCUT2D eigenvalue weighted by Gasteiger charge is -2.12. The standard InChI is InChI=1S/C19H22N4O2/c1-11-7-6-8-12(2)18(11)20-15(24)10-25-16-9-13(3)17-14(4)22-23(5)19(17)21-16/h6-9H,10H2,1-5H3,(H,20,24). The summed E-state index contributed by atoms with van der Waals surface area (Å²) in [4.78, 5) is 16.7. The molecule has 25 heavy (non-hydrogen) atoms. The van der Waals surface area contributed by atoms with E-state index in [9.17, 15) is 4.79 Å². The molecule has 2 heterocycles. The minimum Gasteiger partial charge on any atom is -0.467 e. The molecule has 0 fully saturated rings. The molecule has 0 atom stereocenters. The first-order valence-electron chi connectivity index (χ1n) is 8.16. The number of aromatic nitrogens is 3. The van der Waals surface area contributed by atoms with E-state index in [0.717, 1.165) is 39.1 Å². The lowest BCUT2D eigenvalue weighted by Crippen LogP contribution is -2.21. The highest BCUT2D eigenvalue weighted by molar-refractivity contribution is 5.93. The molecule has 6 nitrogen and oxygen atoms in total. The lowest BCUT2D eigenvalue weighted by molar-refractivity contribution is -0.118. The number of pyridine rings is 1. The van der Waals surface area contributed by atoms with Crippen LogP contribution >= 0.6 is 0 Å². The number of ether oxygens (including phenoxy) is 1. The maximum Gasteiger partial charge on any atom is 0.262 e. The van der Waals surface area contributed by atoms with E-state index in [1.165, 1.54) is 0 Å². The average Bonchev–Trinajstić information content (AvgIpc) is 2.84. The van der Waals surface area contributed by atoms with Crippen LogP contribution in [0.4, 0.5) is 5.69 Å². The normalized spacial score (nSPS) is 10.9. The summed E-state index contributed by atoms with van der Waals surface area (Å²) < 4.78 is 7.33. The van der Waals surface area contributed by atoms with Crippen molar-refractivity contribution in [3.63, 3.8) is 0 Å². The maximum absolute atomic E-state index is 12.2. The predicted molar refractivity (Wildman–Crippen MR) is 98.0 cm³/mol. The van der Waals surface area contributed by atoms with Gasteiger partial charge in [-0.1, -0.05) is 18.2 Å². The third kappa shape index (κ3) is 3.33. The van der Waals surface area contributed by atoms with Gasteiger partial charge in [-0.3, -0.25) is 9.48 Å². The SMILES string of the molecule is Cc1cccc(C)c1NC(=O)COc1cc(C)c2c(C)nn(C)c2n1. The predicted octanol–water partition coefficient (Wildman–Crippen LogP) is 3.22. The fraction of sp³-hybridized carbons (Fsp3) is 0.316. The van der Waals surface area contributed by atoms with Crippen molar-refractivity contribution in [3.8, 4) is 5.88 Å². The number of hydrogen-bond donors (Lipinski definition) is 1. The highest BCUT2D eigenvalue weighted by Gasteiger charge is 2.13. The summed E-state index contributed by atoms with van der Waals surface area (Å²) in [6, 6.07) is 7.73. The quantitative estimate of drug-likeness (QED) is 0.793. The first kappa shape index (κ1) is 17.0. The van der Waals surface area contributed by atoms with Crippen molar-refractivity contribution in [3.05, 3.63) is 46.6 Å². The molecule has 0 aliphatic rings. The van der Waals surface area contributed by atoms with Crippen LogP contribution in [0.2, 0.25) is 0 Å². The van der Waals surface area contributed by atoms with E-state index >= 15 is 0 Å². The molecule has 3 rings (SSSR count). The summed E-state index contributed by atoms with van der Waals surface area (Å²) in [5.41, 5.74) is 5.59. The third-order valence-electron chi connectivity index (χ3n) is 4.24. The number of benzene rings is 1. The minimum atomic E-state index is -0.210. The zero-order valence-corrected chi connectivity index (χ0v) is 15.2. The summed E-state index contributed by atoms with van der Waals surface area (Å²) in [5.74, 6) is 0.211. The van der Waals surface area contributed by atoms with Crippen LogP contribution in [0.5, 0.6) is 5.88 Å². The highest BCUT2D eigenvalue weighted by Crippen LogP contribution is 2.24. The smallest absolute Gasteiger partial charge is 0.262 e. The van der Waals surface area contributed by atoms with Crippen LogP contribution in [-0.4, -0.2) is 27.3 Å². The molecule has 1 N–H and O–H groups in total. The van der Waals surface area contributed by atoms with Crippen molar-refractivity contribution in [2.24, 2.45) is 7.05 Å². The Morgan fingerprint density at radius 1 is 1.16 bits per heavy atom. The topological polar surface area (TPSA) is 69.0 Å². The monoisotopic (exact) mass is 338 g/mol. The number of para-hydroxylation sites is 1. The van der Waals surface area contributed by atoms with Crippen LogP contribution in [0.25, 0.3) is 11.0 Å². The number of carbonyl (C=O) groups excluding carboxylic acids is 1. The van der Waals surface area contributed by atoms with E-state index < -0.39 is 0 Å². The Labute approximate surface area is 146 Å². The van der Waals surface area contributed by atoms with Gasteiger partial charge in [-0.25, -0.2) is 0 Å². The van der Waals surface area contributed by atoms with Gasteiger partial charge in [0, 0.05) is 24.2 Å². The molecule has 2 aromatic heterocycles. The van der Waals surface area contributed by atoms with Gasteiger partial charge in [0.1, 0.15) is 0 Å². The summed E-state index contributed by atoms with van der Waals surface area (Å²) in [7, 11) is 1.85. The summed E-state index contributed by atoms with van der Waals surface area (Å²) in [6.45, 7) is 7.78. The van der Waals surface area contributed by atoms with Crippen LogP contribution in [0.3, 0.4) is 0 Å². The van der Waals surface area contributed by atoms with Crippen molar-refractivity contribution in [2.45, 2.75) is 27.7 Å². The second kappa shape index (κ2) is 6.55. The van der Waals surface area contributed by atoms with Crippen molar-refractivity contribution in [1.82, 2.24) is 14.8 Å². The van der Waals surface area contributed by atoms with Gasteiger partial charge >= 0.3 is 0 Å². The summed E-state index contributed by atoms with van der Waals surface area (Å²) in [5, 5.41) is 8.31.